The lowest BCUT2D eigenvalue weighted by molar-refractivity contribution is 0.574. The van der Waals surface area contributed by atoms with E-state index in [0.29, 0.717) is 0 Å². The number of terminal acetylenes is 2. The largest absolute Gasteiger partial charge is 0.322 e. The zero-order valence-electron chi connectivity index (χ0n) is 11.1. The topological polar surface area (TPSA) is 52.0 Å². The predicted octanol–water partition coefficient (Wildman–Crippen LogP) is 2.35. The molecule has 0 saturated heterocycles. The van der Waals surface area contributed by atoms with Gasteiger partial charge in [-0.3, -0.25) is 0 Å². The highest BCUT2D eigenvalue weighted by Gasteiger charge is 2.17. The van der Waals surface area contributed by atoms with Gasteiger partial charge in [0.15, 0.2) is 0 Å². The second kappa shape index (κ2) is 6.08. The van der Waals surface area contributed by atoms with Crippen molar-refractivity contribution in [3.63, 3.8) is 0 Å². The third-order valence-corrected chi connectivity index (χ3v) is 3.31. The smallest absolute Gasteiger partial charge is 0.0491 e. The minimum absolute atomic E-state index is 0.293. The number of hydrogen-bond acceptors (Lipinski definition) is 2. The molecule has 2 aromatic carbocycles. The molecule has 0 bridgehead atoms. The molecule has 0 aromatic heterocycles. The molecule has 4 N–H and O–H groups in total. The van der Waals surface area contributed by atoms with Gasteiger partial charge in [0.2, 0.25) is 0 Å². The molecule has 0 amide bonds. The summed E-state index contributed by atoms with van der Waals surface area (Å²) in [6.07, 6.45) is 10.7. The molecule has 0 fully saturated rings. The monoisotopic (exact) mass is 260 g/mol. The lowest BCUT2D eigenvalue weighted by Gasteiger charge is -2.21. The van der Waals surface area contributed by atoms with Gasteiger partial charge in [-0.1, -0.05) is 36.1 Å². The summed E-state index contributed by atoms with van der Waals surface area (Å²) in [5.41, 5.74) is 16.0. The molecule has 0 unspecified atom stereocenters. The van der Waals surface area contributed by atoms with Crippen molar-refractivity contribution in [2.45, 2.75) is 12.1 Å². The van der Waals surface area contributed by atoms with Gasteiger partial charge in [0, 0.05) is 23.2 Å². The van der Waals surface area contributed by atoms with Gasteiger partial charge in [0.25, 0.3) is 0 Å². The SMILES string of the molecule is C#Cc1ccc([C@@H](N)[C@H](N)c2ccc(C#C)cc2)cc1. The fourth-order valence-corrected chi connectivity index (χ4v) is 2.02. The Hall–Kier alpha value is -2.52. The molecule has 0 aliphatic rings. The number of nitrogens with two attached hydrogens (primary N) is 2. The van der Waals surface area contributed by atoms with Gasteiger partial charge in [-0.05, 0) is 35.4 Å². The second-order valence-electron chi connectivity index (χ2n) is 4.58. The Morgan fingerprint density at radius 1 is 0.650 bits per heavy atom. The molecule has 0 aliphatic heterocycles. The van der Waals surface area contributed by atoms with Crippen LogP contribution >= 0.6 is 0 Å². The van der Waals surface area contributed by atoms with E-state index in [4.69, 9.17) is 24.3 Å². The minimum atomic E-state index is -0.293. The maximum Gasteiger partial charge on any atom is 0.0491 e. The van der Waals surface area contributed by atoms with E-state index in [-0.39, 0.29) is 12.1 Å². The van der Waals surface area contributed by atoms with Crippen molar-refractivity contribution in [2.75, 3.05) is 0 Å². The van der Waals surface area contributed by atoms with E-state index in [1.807, 2.05) is 48.5 Å². The number of hydrogen-bond donors (Lipinski definition) is 2. The summed E-state index contributed by atoms with van der Waals surface area (Å²) in [4.78, 5) is 0. The van der Waals surface area contributed by atoms with E-state index in [9.17, 15) is 0 Å². The fourth-order valence-electron chi connectivity index (χ4n) is 2.02. The van der Waals surface area contributed by atoms with E-state index in [2.05, 4.69) is 11.8 Å². The Bertz CT molecular complexity index is 593. The Labute approximate surface area is 119 Å². The molecule has 2 rings (SSSR count). The fraction of sp³-hybridized carbons (Fsp3) is 0.111. The maximum absolute atomic E-state index is 6.22. The van der Waals surface area contributed by atoms with Gasteiger partial charge in [-0.25, -0.2) is 0 Å². The average Bonchev–Trinajstić information content (AvgIpc) is 2.53. The summed E-state index contributed by atoms with van der Waals surface area (Å²) in [6, 6.07) is 14.5. The summed E-state index contributed by atoms with van der Waals surface area (Å²) in [7, 11) is 0. The first-order valence-electron chi connectivity index (χ1n) is 6.30. The van der Waals surface area contributed by atoms with Crippen LogP contribution in [0.4, 0.5) is 0 Å². The zero-order valence-corrected chi connectivity index (χ0v) is 11.1. The molecule has 0 heterocycles. The molecule has 2 nitrogen and oxygen atoms in total. The first-order valence-corrected chi connectivity index (χ1v) is 6.30. The second-order valence-corrected chi connectivity index (χ2v) is 4.58. The van der Waals surface area contributed by atoms with Gasteiger partial charge >= 0.3 is 0 Å². The molecule has 2 aromatic rings. The molecule has 20 heavy (non-hydrogen) atoms. The Balaban J connectivity index is 2.20. The van der Waals surface area contributed by atoms with Crippen molar-refractivity contribution >= 4 is 0 Å². The van der Waals surface area contributed by atoms with Crippen LogP contribution in [0, 0.1) is 24.7 Å². The van der Waals surface area contributed by atoms with Crippen molar-refractivity contribution in [2.24, 2.45) is 11.5 Å². The molecule has 0 aliphatic carbocycles. The van der Waals surface area contributed by atoms with Gasteiger partial charge < -0.3 is 11.5 Å². The minimum Gasteiger partial charge on any atom is -0.322 e. The summed E-state index contributed by atoms with van der Waals surface area (Å²) < 4.78 is 0. The highest BCUT2D eigenvalue weighted by Crippen LogP contribution is 2.25. The van der Waals surface area contributed by atoms with Crippen LogP contribution in [0.5, 0.6) is 0 Å². The lowest BCUT2D eigenvalue weighted by atomic mass is 9.94. The Morgan fingerprint density at radius 2 is 0.950 bits per heavy atom. The lowest BCUT2D eigenvalue weighted by Crippen LogP contribution is -2.26. The maximum atomic E-state index is 6.22. The highest BCUT2D eigenvalue weighted by atomic mass is 14.8. The molecule has 0 spiro atoms. The molecule has 0 saturated carbocycles. The molecular formula is C18H16N2. The number of benzene rings is 2. The van der Waals surface area contributed by atoms with Gasteiger partial charge in [0.1, 0.15) is 0 Å². The summed E-state index contributed by atoms with van der Waals surface area (Å²) in [5.74, 6) is 5.15. The van der Waals surface area contributed by atoms with Crippen LogP contribution in [-0.2, 0) is 0 Å². The van der Waals surface area contributed by atoms with Crippen LogP contribution in [0.3, 0.4) is 0 Å². The zero-order chi connectivity index (χ0) is 14.5. The van der Waals surface area contributed by atoms with Crippen LogP contribution in [-0.4, -0.2) is 0 Å². The first kappa shape index (κ1) is 13.9. The Morgan fingerprint density at radius 3 is 1.20 bits per heavy atom. The van der Waals surface area contributed by atoms with Crippen LogP contribution in [0.15, 0.2) is 48.5 Å². The van der Waals surface area contributed by atoms with Gasteiger partial charge in [0.05, 0.1) is 0 Å². The van der Waals surface area contributed by atoms with Crippen molar-refractivity contribution in [1.82, 2.24) is 0 Å². The summed E-state index contributed by atoms with van der Waals surface area (Å²) in [5, 5.41) is 0. The number of rotatable bonds is 3. The third kappa shape index (κ3) is 2.90. The Kier molecular flexibility index (Phi) is 4.23. The first-order chi connectivity index (χ1) is 9.65. The van der Waals surface area contributed by atoms with Crippen molar-refractivity contribution in [3.8, 4) is 24.7 Å². The standard InChI is InChI=1S/C18H16N2/c1-3-13-5-9-15(10-6-13)17(19)18(20)16-11-7-14(4-2)8-12-16/h1-2,5-12,17-18H,19-20H2/t17-,18-/m1/s1. The van der Waals surface area contributed by atoms with E-state index in [1.54, 1.807) is 0 Å². The van der Waals surface area contributed by atoms with Crippen LogP contribution < -0.4 is 11.5 Å². The predicted molar refractivity (Wildman–Crippen MR) is 82.6 cm³/mol. The van der Waals surface area contributed by atoms with Gasteiger partial charge in [-0.15, -0.1) is 12.8 Å². The molecule has 0 radical (unpaired) electrons. The molecule has 2 atom stereocenters. The van der Waals surface area contributed by atoms with Crippen LogP contribution in [0.2, 0.25) is 0 Å². The van der Waals surface area contributed by atoms with Crippen LogP contribution in [0.25, 0.3) is 0 Å². The normalized spacial score (nSPS) is 13.0. The van der Waals surface area contributed by atoms with Crippen LogP contribution in [0.1, 0.15) is 34.3 Å². The molecule has 98 valence electrons. The van der Waals surface area contributed by atoms with Crippen molar-refractivity contribution in [3.05, 3.63) is 70.8 Å². The van der Waals surface area contributed by atoms with E-state index >= 15 is 0 Å². The third-order valence-electron chi connectivity index (χ3n) is 3.31. The quantitative estimate of drug-likeness (QED) is 0.832. The van der Waals surface area contributed by atoms with E-state index in [0.717, 1.165) is 22.3 Å². The average molecular weight is 260 g/mol. The molecule has 2 heteroatoms. The van der Waals surface area contributed by atoms with Crippen molar-refractivity contribution in [1.29, 1.82) is 0 Å². The van der Waals surface area contributed by atoms with Crippen molar-refractivity contribution < 1.29 is 0 Å². The summed E-state index contributed by atoms with van der Waals surface area (Å²) >= 11 is 0. The highest BCUT2D eigenvalue weighted by molar-refractivity contribution is 5.38. The summed E-state index contributed by atoms with van der Waals surface area (Å²) in [6.45, 7) is 0. The molecular weight excluding hydrogens is 244 g/mol. The van der Waals surface area contributed by atoms with E-state index < -0.39 is 0 Å². The van der Waals surface area contributed by atoms with E-state index in [1.165, 1.54) is 0 Å². The van der Waals surface area contributed by atoms with Gasteiger partial charge in [-0.2, -0.15) is 0 Å².